The van der Waals surface area contributed by atoms with E-state index in [-0.39, 0.29) is 12.5 Å². The quantitative estimate of drug-likeness (QED) is 0.487. The van der Waals surface area contributed by atoms with E-state index in [0.717, 1.165) is 43.2 Å². The molecule has 0 bridgehead atoms. The van der Waals surface area contributed by atoms with Crippen LogP contribution in [0.3, 0.4) is 0 Å². The highest BCUT2D eigenvalue weighted by atomic mass is 32.2. The summed E-state index contributed by atoms with van der Waals surface area (Å²) in [6, 6.07) is 7.64. The molecule has 1 saturated carbocycles. The van der Waals surface area contributed by atoms with Crippen molar-refractivity contribution in [2.75, 3.05) is 0 Å². The Bertz CT molecular complexity index is 766. The van der Waals surface area contributed by atoms with Crippen LogP contribution in [-0.4, -0.2) is 25.5 Å². The second-order valence-electron chi connectivity index (χ2n) is 7.21. The third-order valence-electron chi connectivity index (χ3n) is 4.73. The van der Waals surface area contributed by atoms with Crippen LogP contribution in [0.25, 0.3) is 6.08 Å². The van der Waals surface area contributed by atoms with Gasteiger partial charge in [-0.3, -0.25) is 4.79 Å². The van der Waals surface area contributed by atoms with Gasteiger partial charge in [0.25, 0.3) is 0 Å². The largest absolute Gasteiger partial charge is 0.481 e. The number of benzene rings is 1. The molecule has 2 atom stereocenters. The van der Waals surface area contributed by atoms with Gasteiger partial charge in [-0.25, -0.2) is 13.1 Å². The fraction of sp³-hybridized carbons (Fsp3) is 0.476. The molecule has 0 spiro atoms. The molecule has 2 unspecified atom stereocenters. The lowest BCUT2D eigenvalue weighted by Crippen LogP contribution is -2.37. The number of carboxylic acids is 1. The zero-order valence-electron chi connectivity index (χ0n) is 15.8. The molecule has 1 aromatic carbocycles. The summed E-state index contributed by atoms with van der Waals surface area (Å²) in [6.07, 6.45) is 11.0. The van der Waals surface area contributed by atoms with Crippen molar-refractivity contribution in [1.82, 2.24) is 4.72 Å². The van der Waals surface area contributed by atoms with Crippen molar-refractivity contribution in [3.8, 4) is 0 Å². The lowest BCUT2D eigenvalue weighted by atomic mass is 9.86. The van der Waals surface area contributed by atoms with Gasteiger partial charge in [0, 0.05) is 17.9 Å². The minimum absolute atomic E-state index is 0.0555. The van der Waals surface area contributed by atoms with Gasteiger partial charge in [-0.15, -0.1) is 0 Å². The smallest absolute Gasteiger partial charge is 0.303 e. The number of rotatable bonds is 9. The molecule has 0 amide bonds. The average molecular weight is 392 g/mol. The van der Waals surface area contributed by atoms with E-state index in [0.29, 0.717) is 12.3 Å². The van der Waals surface area contributed by atoms with Crippen LogP contribution in [-0.2, 0) is 14.8 Å². The van der Waals surface area contributed by atoms with E-state index in [1.54, 1.807) is 6.08 Å². The number of sulfonamides is 1. The second-order valence-corrected chi connectivity index (χ2v) is 8.81. The van der Waals surface area contributed by atoms with E-state index in [4.69, 9.17) is 5.11 Å². The lowest BCUT2D eigenvalue weighted by molar-refractivity contribution is -0.137. The van der Waals surface area contributed by atoms with Gasteiger partial charge in [-0.1, -0.05) is 48.4 Å². The van der Waals surface area contributed by atoms with Crippen molar-refractivity contribution < 1.29 is 18.3 Å². The Hall–Kier alpha value is -1.92. The molecule has 1 aliphatic rings. The highest BCUT2D eigenvalue weighted by Crippen LogP contribution is 2.26. The first-order valence-corrected chi connectivity index (χ1v) is 11.0. The van der Waals surface area contributed by atoms with Crippen molar-refractivity contribution in [2.24, 2.45) is 5.92 Å². The fourth-order valence-electron chi connectivity index (χ4n) is 3.29. The first-order chi connectivity index (χ1) is 12.8. The van der Waals surface area contributed by atoms with Crippen LogP contribution in [0, 0.1) is 12.8 Å². The Morgan fingerprint density at radius 2 is 2.00 bits per heavy atom. The molecule has 148 valence electrons. The SMILES string of the molecule is Cc1ccc(C=CS(=O)(=O)NC2CCCC(C=CCCCC(=O)O)C2)cc1. The minimum atomic E-state index is -3.47. The first-order valence-electron chi connectivity index (χ1n) is 9.49. The number of carboxylic acid groups (broad SMARTS) is 1. The van der Waals surface area contributed by atoms with Gasteiger partial charge in [-0.2, -0.15) is 0 Å². The van der Waals surface area contributed by atoms with E-state index in [9.17, 15) is 13.2 Å². The molecular formula is C21H29NO4S. The highest BCUT2D eigenvalue weighted by molar-refractivity contribution is 7.92. The van der Waals surface area contributed by atoms with Gasteiger partial charge in [0.2, 0.25) is 10.0 Å². The lowest BCUT2D eigenvalue weighted by Gasteiger charge is -2.27. The topological polar surface area (TPSA) is 83.5 Å². The molecule has 0 heterocycles. The molecule has 1 aliphatic carbocycles. The van der Waals surface area contributed by atoms with Crippen molar-refractivity contribution in [1.29, 1.82) is 0 Å². The zero-order chi connectivity index (χ0) is 19.7. The van der Waals surface area contributed by atoms with Gasteiger partial charge in [0.15, 0.2) is 0 Å². The molecular weight excluding hydrogens is 362 g/mol. The number of nitrogens with one attached hydrogen (secondary N) is 1. The third-order valence-corrected chi connectivity index (χ3v) is 5.89. The molecule has 1 aromatic rings. The van der Waals surface area contributed by atoms with Gasteiger partial charge in [-0.05, 0) is 56.6 Å². The number of aliphatic carboxylic acids is 1. The summed E-state index contributed by atoms with van der Waals surface area (Å²) in [4.78, 5) is 10.5. The normalized spacial score (nSPS) is 21.1. The van der Waals surface area contributed by atoms with Gasteiger partial charge in [0.1, 0.15) is 0 Å². The van der Waals surface area contributed by atoms with E-state index in [2.05, 4.69) is 10.8 Å². The van der Waals surface area contributed by atoms with Crippen molar-refractivity contribution in [3.05, 3.63) is 53.0 Å². The molecule has 0 aliphatic heterocycles. The van der Waals surface area contributed by atoms with Gasteiger partial charge in [0.05, 0.1) is 0 Å². The molecule has 2 rings (SSSR count). The Labute approximate surface area is 162 Å². The van der Waals surface area contributed by atoms with Crippen molar-refractivity contribution in [2.45, 2.75) is 57.9 Å². The Morgan fingerprint density at radius 1 is 1.26 bits per heavy atom. The highest BCUT2D eigenvalue weighted by Gasteiger charge is 2.23. The summed E-state index contributed by atoms with van der Waals surface area (Å²) in [7, 11) is -3.47. The average Bonchev–Trinajstić information content (AvgIpc) is 2.61. The van der Waals surface area contributed by atoms with E-state index in [1.165, 1.54) is 5.41 Å². The predicted molar refractivity (Wildman–Crippen MR) is 109 cm³/mol. The molecule has 5 nitrogen and oxygen atoms in total. The van der Waals surface area contributed by atoms with Crippen LogP contribution in [0.2, 0.25) is 0 Å². The summed E-state index contributed by atoms with van der Waals surface area (Å²) in [5.41, 5.74) is 1.99. The van der Waals surface area contributed by atoms with Crippen LogP contribution >= 0.6 is 0 Å². The predicted octanol–water partition coefficient (Wildman–Crippen LogP) is 4.26. The summed E-state index contributed by atoms with van der Waals surface area (Å²) in [5, 5.41) is 9.88. The molecule has 27 heavy (non-hydrogen) atoms. The van der Waals surface area contributed by atoms with Crippen LogP contribution in [0.4, 0.5) is 0 Å². The van der Waals surface area contributed by atoms with Crippen molar-refractivity contribution >= 4 is 22.1 Å². The fourth-order valence-corrected chi connectivity index (χ4v) is 4.38. The summed E-state index contributed by atoms with van der Waals surface area (Å²) < 4.78 is 27.5. The molecule has 6 heteroatoms. The monoisotopic (exact) mass is 391 g/mol. The zero-order valence-corrected chi connectivity index (χ0v) is 16.6. The Kier molecular flexibility index (Phi) is 8.25. The maximum Gasteiger partial charge on any atom is 0.303 e. The maximum atomic E-state index is 12.3. The standard InChI is InChI=1S/C21H29NO4S/c1-17-10-12-18(13-11-17)14-15-27(25,26)22-20-8-5-7-19(16-20)6-3-2-4-9-21(23)24/h3,6,10-15,19-20,22H,2,4-5,7-9,16H2,1H3,(H,23,24). The molecule has 0 saturated heterocycles. The summed E-state index contributed by atoms with van der Waals surface area (Å²) in [6.45, 7) is 1.99. The van der Waals surface area contributed by atoms with Crippen molar-refractivity contribution in [3.63, 3.8) is 0 Å². The maximum absolute atomic E-state index is 12.3. The third kappa shape index (κ3) is 8.54. The number of hydrogen-bond donors (Lipinski definition) is 2. The summed E-state index contributed by atoms with van der Waals surface area (Å²) in [5.74, 6) is -0.424. The number of hydrogen-bond acceptors (Lipinski definition) is 3. The number of allylic oxidation sites excluding steroid dienone is 2. The Balaban J connectivity index is 1.83. The van der Waals surface area contributed by atoms with E-state index in [1.807, 2.05) is 37.3 Å². The molecule has 0 radical (unpaired) electrons. The Morgan fingerprint density at radius 3 is 2.70 bits per heavy atom. The molecule has 0 aromatic heterocycles. The van der Waals surface area contributed by atoms with Crippen LogP contribution in [0.1, 0.15) is 56.1 Å². The number of aryl methyl sites for hydroxylation is 1. The van der Waals surface area contributed by atoms with E-state index < -0.39 is 16.0 Å². The van der Waals surface area contributed by atoms with Gasteiger partial charge < -0.3 is 5.11 Å². The number of carbonyl (C=O) groups is 1. The summed E-state index contributed by atoms with van der Waals surface area (Å²) >= 11 is 0. The van der Waals surface area contributed by atoms with Gasteiger partial charge >= 0.3 is 5.97 Å². The van der Waals surface area contributed by atoms with E-state index >= 15 is 0 Å². The van der Waals surface area contributed by atoms with Crippen LogP contribution in [0.15, 0.2) is 41.8 Å². The van der Waals surface area contributed by atoms with Crippen LogP contribution < -0.4 is 4.72 Å². The second kappa shape index (κ2) is 10.4. The molecule has 1 fully saturated rings. The first kappa shape index (κ1) is 21.4. The minimum Gasteiger partial charge on any atom is -0.481 e. The molecule has 2 N–H and O–H groups in total. The van der Waals surface area contributed by atoms with Crippen LogP contribution in [0.5, 0.6) is 0 Å². The number of unbranched alkanes of at least 4 members (excludes halogenated alkanes) is 1.